The van der Waals surface area contributed by atoms with Crippen LogP contribution in [0, 0.1) is 11.1 Å². The first-order chi connectivity index (χ1) is 14.6. The fourth-order valence-corrected chi connectivity index (χ4v) is 4.41. The van der Waals surface area contributed by atoms with Gasteiger partial charge in [0.05, 0.1) is 29.3 Å². The highest BCUT2D eigenvalue weighted by atomic mass is 16.6. The lowest BCUT2D eigenvalue weighted by molar-refractivity contribution is -0.608. The Hall–Kier alpha value is -3.68. The first-order valence-electron chi connectivity index (χ1n) is 9.93. The lowest BCUT2D eigenvalue weighted by Gasteiger charge is -2.35. The van der Waals surface area contributed by atoms with Crippen molar-refractivity contribution in [1.82, 2.24) is 9.78 Å². The maximum atomic E-state index is 12.8. The summed E-state index contributed by atoms with van der Waals surface area (Å²) < 4.78 is 7.91. The second-order valence-electron chi connectivity index (χ2n) is 7.75. The fraction of sp³-hybridized carbons (Fsp3) is 0.273. The highest BCUT2D eigenvalue weighted by Crippen LogP contribution is 2.47. The third-order valence-electron chi connectivity index (χ3n) is 5.97. The summed E-state index contributed by atoms with van der Waals surface area (Å²) in [5.74, 6) is -0.854. The van der Waals surface area contributed by atoms with Crippen LogP contribution in [0.5, 0.6) is 0 Å². The van der Waals surface area contributed by atoms with Gasteiger partial charge in [0.15, 0.2) is 6.20 Å². The Bertz CT molecular complexity index is 1120. The highest BCUT2D eigenvalue weighted by molar-refractivity contribution is 5.93. The van der Waals surface area contributed by atoms with Gasteiger partial charge in [0.2, 0.25) is 5.91 Å². The van der Waals surface area contributed by atoms with E-state index in [0.29, 0.717) is 41.7 Å². The Morgan fingerprint density at radius 2 is 1.97 bits per heavy atom. The van der Waals surface area contributed by atoms with Gasteiger partial charge >= 0.3 is 11.7 Å². The van der Waals surface area contributed by atoms with Gasteiger partial charge in [0, 0.05) is 12.0 Å². The Kier molecular flexibility index (Phi) is 4.27. The van der Waals surface area contributed by atoms with Crippen LogP contribution in [0.15, 0.2) is 61.1 Å². The number of anilines is 1. The molecule has 0 unspecified atom stereocenters. The number of carbonyl (C=O) groups is 2. The number of nitrogens with one attached hydrogen (secondary N) is 1. The Morgan fingerprint density at radius 1 is 1.20 bits per heavy atom. The first-order valence-corrected chi connectivity index (χ1v) is 9.93. The van der Waals surface area contributed by atoms with E-state index in [0.717, 1.165) is 5.69 Å². The molecule has 1 fully saturated rings. The number of fused-ring (bicyclic) bond motifs is 2. The van der Waals surface area contributed by atoms with Crippen molar-refractivity contribution in [2.75, 3.05) is 5.32 Å². The van der Waals surface area contributed by atoms with E-state index in [1.165, 1.54) is 6.20 Å². The molecule has 0 saturated heterocycles. The average molecular weight is 404 g/mol. The molecule has 8 nitrogen and oxygen atoms in total. The summed E-state index contributed by atoms with van der Waals surface area (Å²) in [4.78, 5) is 25.0. The quantitative estimate of drug-likeness (QED) is 0.411. The van der Waals surface area contributed by atoms with E-state index in [2.05, 4.69) is 10.4 Å². The van der Waals surface area contributed by atoms with Crippen molar-refractivity contribution in [2.45, 2.75) is 31.3 Å². The minimum atomic E-state index is -0.797. The zero-order valence-corrected chi connectivity index (χ0v) is 16.2. The number of hydrogen-bond donors (Lipinski definition) is 1. The van der Waals surface area contributed by atoms with Crippen LogP contribution < -0.4 is 10.0 Å². The van der Waals surface area contributed by atoms with Crippen LogP contribution >= 0.6 is 0 Å². The van der Waals surface area contributed by atoms with Gasteiger partial charge in [-0.15, -0.1) is 0 Å². The van der Waals surface area contributed by atoms with Gasteiger partial charge < -0.3 is 15.3 Å². The molecule has 3 heterocycles. The van der Waals surface area contributed by atoms with Crippen molar-refractivity contribution in [3.8, 4) is 5.69 Å². The summed E-state index contributed by atoms with van der Waals surface area (Å²) in [5, 5.41) is 19.2. The summed E-state index contributed by atoms with van der Waals surface area (Å²) in [7, 11) is 0. The topological polar surface area (TPSA) is 100 Å². The summed E-state index contributed by atoms with van der Waals surface area (Å²) in [6.45, 7) is 0. The number of aromatic nitrogens is 3. The SMILES string of the molecule is O=C1OC2(CCC(C(=O)Nc3cnn(-c4ccccc4)c3)CC2)c2ccc[n+]([O-])c21. The standard InChI is InChI=1S/C22H20N4O4/c27-20(24-16-13-23-25(14-16)17-5-2-1-3-6-17)15-8-10-22(11-9-15)18-7-4-12-26(29)19(18)21(28)30-22/h1-7,12-15H,8-11H2,(H,24,27). The van der Waals surface area contributed by atoms with E-state index in [1.54, 1.807) is 29.2 Å². The number of carbonyl (C=O) groups excluding carboxylic acids is 2. The molecule has 3 aromatic rings. The van der Waals surface area contributed by atoms with Gasteiger partial charge in [-0.25, -0.2) is 9.48 Å². The zero-order chi connectivity index (χ0) is 20.7. The highest BCUT2D eigenvalue weighted by Gasteiger charge is 2.52. The molecule has 8 heteroatoms. The van der Waals surface area contributed by atoms with E-state index < -0.39 is 11.6 Å². The second-order valence-corrected chi connectivity index (χ2v) is 7.75. The fourth-order valence-electron chi connectivity index (χ4n) is 4.41. The molecule has 1 N–H and O–H groups in total. The van der Waals surface area contributed by atoms with Crippen LogP contribution in [0.1, 0.15) is 41.7 Å². The Balaban J connectivity index is 1.26. The number of pyridine rings is 1. The third-order valence-corrected chi connectivity index (χ3v) is 5.97. The largest absolute Gasteiger partial charge is 0.618 e. The molecule has 152 valence electrons. The van der Waals surface area contributed by atoms with E-state index in [1.807, 2.05) is 30.3 Å². The number of esters is 1. The molecule has 0 radical (unpaired) electrons. The van der Waals surface area contributed by atoms with Crippen molar-refractivity contribution in [1.29, 1.82) is 0 Å². The number of hydrogen-bond acceptors (Lipinski definition) is 5. The van der Waals surface area contributed by atoms with Crippen LogP contribution in [-0.2, 0) is 15.1 Å². The van der Waals surface area contributed by atoms with Crippen LogP contribution in [-0.4, -0.2) is 21.7 Å². The van der Waals surface area contributed by atoms with Gasteiger partial charge in [-0.3, -0.25) is 4.79 Å². The molecule has 30 heavy (non-hydrogen) atoms. The summed E-state index contributed by atoms with van der Waals surface area (Å²) in [5.41, 5.74) is 1.44. The van der Waals surface area contributed by atoms with Crippen molar-refractivity contribution in [3.63, 3.8) is 0 Å². The number of amides is 1. The van der Waals surface area contributed by atoms with E-state index in [4.69, 9.17) is 4.74 Å². The normalized spacial score (nSPS) is 22.5. The van der Waals surface area contributed by atoms with Crippen LogP contribution in [0.25, 0.3) is 5.69 Å². The first kappa shape index (κ1) is 18.4. The predicted octanol–water partition coefficient (Wildman–Crippen LogP) is 2.70. The summed E-state index contributed by atoms with van der Waals surface area (Å²) >= 11 is 0. The number of rotatable bonds is 3. The molecule has 1 amide bonds. The zero-order valence-electron chi connectivity index (χ0n) is 16.2. The van der Waals surface area contributed by atoms with Gasteiger partial charge in [0.1, 0.15) is 5.60 Å². The lowest BCUT2D eigenvalue weighted by atomic mass is 9.75. The van der Waals surface area contributed by atoms with E-state index in [9.17, 15) is 14.8 Å². The summed E-state index contributed by atoms with van der Waals surface area (Å²) in [6.07, 6.45) is 6.86. The Labute approximate surface area is 172 Å². The summed E-state index contributed by atoms with van der Waals surface area (Å²) in [6, 6.07) is 13.1. The molecule has 0 atom stereocenters. The third kappa shape index (κ3) is 3.01. The number of nitrogens with zero attached hydrogens (tertiary/aromatic N) is 3. The van der Waals surface area contributed by atoms with E-state index in [-0.39, 0.29) is 17.5 Å². The Morgan fingerprint density at radius 3 is 2.73 bits per heavy atom. The molecule has 2 aliphatic rings. The number of para-hydroxylation sites is 1. The maximum Gasteiger partial charge on any atom is 0.406 e. The maximum absolute atomic E-state index is 12.8. The van der Waals surface area contributed by atoms with Gasteiger partial charge in [-0.2, -0.15) is 9.83 Å². The van der Waals surface area contributed by atoms with Gasteiger partial charge in [-0.1, -0.05) is 18.2 Å². The molecule has 2 aromatic heterocycles. The second kappa shape index (κ2) is 6.98. The molecular formula is C22H20N4O4. The monoisotopic (exact) mass is 404 g/mol. The minimum absolute atomic E-state index is 0.0636. The van der Waals surface area contributed by atoms with Gasteiger partial charge in [0.25, 0.3) is 0 Å². The minimum Gasteiger partial charge on any atom is -0.618 e. The molecule has 1 saturated carbocycles. The molecule has 5 rings (SSSR count). The van der Waals surface area contributed by atoms with Crippen LogP contribution in [0.4, 0.5) is 5.69 Å². The molecule has 1 aliphatic carbocycles. The average Bonchev–Trinajstić information content (AvgIpc) is 3.33. The lowest BCUT2D eigenvalue weighted by Crippen LogP contribution is -2.36. The van der Waals surface area contributed by atoms with Crippen molar-refractivity contribution in [2.24, 2.45) is 5.92 Å². The molecule has 1 spiro atoms. The van der Waals surface area contributed by atoms with Crippen molar-refractivity contribution in [3.05, 3.63) is 77.5 Å². The van der Waals surface area contributed by atoms with Gasteiger partial charge in [-0.05, 0) is 43.9 Å². The number of ether oxygens (including phenoxy) is 1. The van der Waals surface area contributed by atoms with Crippen molar-refractivity contribution < 1.29 is 19.1 Å². The molecule has 0 bridgehead atoms. The smallest absolute Gasteiger partial charge is 0.406 e. The van der Waals surface area contributed by atoms with E-state index >= 15 is 0 Å². The molecule has 1 aromatic carbocycles. The molecular weight excluding hydrogens is 384 g/mol. The van der Waals surface area contributed by atoms with Crippen molar-refractivity contribution >= 4 is 17.6 Å². The van der Waals surface area contributed by atoms with Crippen LogP contribution in [0.3, 0.4) is 0 Å². The predicted molar refractivity (Wildman–Crippen MR) is 107 cm³/mol. The van der Waals surface area contributed by atoms with Crippen LogP contribution in [0.2, 0.25) is 0 Å². The number of benzene rings is 1. The molecule has 1 aliphatic heterocycles.